The quantitative estimate of drug-likeness (QED) is 0.409. The Bertz CT molecular complexity index is 732. The van der Waals surface area contributed by atoms with Crippen molar-refractivity contribution in [2.24, 2.45) is 5.10 Å². The summed E-state index contributed by atoms with van der Waals surface area (Å²) in [5.74, 6) is 0.547. The van der Waals surface area contributed by atoms with Crippen LogP contribution < -0.4 is 14.9 Å². The predicted molar refractivity (Wildman–Crippen MR) is 100 cm³/mol. The van der Waals surface area contributed by atoms with Crippen molar-refractivity contribution in [2.45, 2.75) is 6.92 Å². The van der Waals surface area contributed by atoms with E-state index in [1.807, 2.05) is 30.3 Å². The van der Waals surface area contributed by atoms with Gasteiger partial charge in [0, 0.05) is 4.47 Å². The summed E-state index contributed by atoms with van der Waals surface area (Å²) in [5.41, 5.74) is 4.60. The lowest BCUT2D eigenvalue weighted by Crippen LogP contribution is -2.15. The fourth-order valence-corrected chi connectivity index (χ4v) is 2.20. The zero-order chi connectivity index (χ0) is 18.1. The van der Waals surface area contributed by atoms with Gasteiger partial charge in [0.2, 0.25) is 0 Å². The number of methoxy groups -OCH3 is 1. The van der Waals surface area contributed by atoms with Crippen LogP contribution in [0.5, 0.6) is 11.5 Å². The molecule has 2 rings (SSSR count). The summed E-state index contributed by atoms with van der Waals surface area (Å²) in [6.45, 7) is 1.88. The van der Waals surface area contributed by atoms with Gasteiger partial charge in [0.05, 0.1) is 25.6 Å². The lowest BCUT2D eigenvalue weighted by Gasteiger charge is -2.10. The summed E-state index contributed by atoms with van der Waals surface area (Å²) in [6, 6.07) is 13.0. The van der Waals surface area contributed by atoms with Crippen LogP contribution in [0.15, 0.2) is 52.0 Å². The van der Waals surface area contributed by atoms with E-state index in [1.165, 1.54) is 7.11 Å². The number of halogens is 1. The zero-order valence-electron chi connectivity index (χ0n) is 14.0. The molecule has 0 aliphatic heterocycles. The van der Waals surface area contributed by atoms with Crippen LogP contribution in [0.1, 0.15) is 12.5 Å². The number of carbonyl (C=O) groups is 1. The van der Waals surface area contributed by atoms with Gasteiger partial charge in [0.15, 0.2) is 18.1 Å². The predicted octanol–water partition coefficient (Wildman–Crippen LogP) is 3.85. The second kappa shape index (κ2) is 9.68. The maximum atomic E-state index is 11.4. The highest BCUT2D eigenvalue weighted by molar-refractivity contribution is 9.10. The average molecular weight is 407 g/mol. The van der Waals surface area contributed by atoms with E-state index in [2.05, 4.69) is 26.5 Å². The average Bonchev–Trinajstić information content (AvgIpc) is 2.62. The maximum Gasteiger partial charge on any atom is 0.344 e. The Balaban J connectivity index is 2.02. The fourth-order valence-electron chi connectivity index (χ4n) is 1.93. The van der Waals surface area contributed by atoms with E-state index in [1.54, 1.807) is 25.3 Å². The number of benzene rings is 2. The number of hydrogen-bond donors (Lipinski definition) is 1. The van der Waals surface area contributed by atoms with E-state index in [-0.39, 0.29) is 6.61 Å². The van der Waals surface area contributed by atoms with Gasteiger partial charge >= 0.3 is 5.97 Å². The van der Waals surface area contributed by atoms with Crippen LogP contribution in [-0.2, 0) is 9.53 Å². The summed E-state index contributed by atoms with van der Waals surface area (Å²) < 4.78 is 16.6. The highest BCUT2D eigenvalue weighted by atomic mass is 79.9. The number of rotatable bonds is 8. The smallest absolute Gasteiger partial charge is 0.344 e. The van der Waals surface area contributed by atoms with Crippen molar-refractivity contribution >= 4 is 33.8 Å². The van der Waals surface area contributed by atoms with Gasteiger partial charge in [-0.2, -0.15) is 5.10 Å². The third-order valence-electron chi connectivity index (χ3n) is 3.09. The third-order valence-corrected chi connectivity index (χ3v) is 3.62. The first-order valence-electron chi connectivity index (χ1n) is 7.63. The van der Waals surface area contributed by atoms with Gasteiger partial charge in [-0.25, -0.2) is 4.79 Å². The summed E-state index contributed by atoms with van der Waals surface area (Å²) in [4.78, 5) is 11.4. The summed E-state index contributed by atoms with van der Waals surface area (Å²) in [5, 5.41) is 4.18. The first-order valence-corrected chi connectivity index (χ1v) is 8.42. The van der Waals surface area contributed by atoms with E-state index in [4.69, 9.17) is 14.2 Å². The van der Waals surface area contributed by atoms with Crippen molar-refractivity contribution in [1.29, 1.82) is 0 Å². The zero-order valence-corrected chi connectivity index (χ0v) is 15.6. The number of carbonyl (C=O) groups excluding carboxylic acids is 1. The van der Waals surface area contributed by atoms with Crippen molar-refractivity contribution in [3.05, 3.63) is 52.5 Å². The number of nitrogens with zero attached hydrogens (tertiary/aromatic N) is 1. The minimum atomic E-state index is -0.430. The number of anilines is 1. The van der Waals surface area contributed by atoms with Crippen LogP contribution in [0, 0.1) is 0 Å². The van der Waals surface area contributed by atoms with Crippen molar-refractivity contribution in [2.75, 3.05) is 25.7 Å². The molecule has 2 aromatic rings. The van der Waals surface area contributed by atoms with Gasteiger partial charge in [-0.1, -0.05) is 15.9 Å². The van der Waals surface area contributed by atoms with Gasteiger partial charge in [0.1, 0.15) is 0 Å². The van der Waals surface area contributed by atoms with Crippen LogP contribution in [0.4, 0.5) is 5.69 Å². The van der Waals surface area contributed by atoms with Gasteiger partial charge in [-0.3, -0.25) is 5.43 Å². The van der Waals surface area contributed by atoms with Gasteiger partial charge < -0.3 is 14.2 Å². The minimum absolute atomic E-state index is 0.179. The Morgan fingerprint density at radius 1 is 1.20 bits per heavy atom. The molecular formula is C18H19BrN2O4. The standard InChI is InChI=1S/C18H19BrN2O4/c1-3-24-18(22)12-25-17-10-13(4-9-16(17)23-2)11-20-21-15-7-5-14(19)6-8-15/h4-11,21H,3,12H2,1-2H3/b20-11+. The van der Waals surface area contributed by atoms with E-state index in [9.17, 15) is 4.79 Å². The Morgan fingerprint density at radius 3 is 2.64 bits per heavy atom. The van der Waals surface area contributed by atoms with Crippen molar-refractivity contribution in [1.82, 2.24) is 0 Å². The Morgan fingerprint density at radius 2 is 1.96 bits per heavy atom. The molecule has 0 unspecified atom stereocenters. The Kier molecular flexibility index (Phi) is 7.28. The topological polar surface area (TPSA) is 69.2 Å². The first kappa shape index (κ1) is 18.8. The molecule has 0 aromatic heterocycles. The number of ether oxygens (including phenoxy) is 3. The third kappa shape index (κ3) is 6.11. The van der Waals surface area contributed by atoms with Gasteiger partial charge in [-0.05, 0) is 55.0 Å². The van der Waals surface area contributed by atoms with Crippen LogP contribution in [-0.4, -0.2) is 32.5 Å². The number of esters is 1. The molecule has 25 heavy (non-hydrogen) atoms. The molecule has 1 N–H and O–H groups in total. The number of hydrogen-bond acceptors (Lipinski definition) is 6. The summed E-state index contributed by atoms with van der Waals surface area (Å²) in [6.07, 6.45) is 1.65. The van der Waals surface area contributed by atoms with Crippen molar-refractivity contribution in [3.8, 4) is 11.5 Å². The molecule has 0 amide bonds. The molecule has 0 aliphatic carbocycles. The first-order chi connectivity index (χ1) is 12.1. The molecule has 0 bridgehead atoms. The molecular weight excluding hydrogens is 388 g/mol. The molecule has 7 heteroatoms. The monoisotopic (exact) mass is 406 g/mol. The second-order valence-corrected chi connectivity index (χ2v) is 5.80. The van der Waals surface area contributed by atoms with Crippen molar-refractivity contribution in [3.63, 3.8) is 0 Å². The molecule has 0 atom stereocenters. The Hall–Kier alpha value is -2.54. The Labute approximate surface area is 154 Å². The molecule has 6 nitrogen and oxygen atoms in total. The van der Waals surface area contributed by atoms with E-state index in [0.29, 0.717) is 18.1 Å². The van der Waals surface area contributed by atoms with Crippen LogP contribution in [0.2, 0.25) is 0 Å². The molecule has 2 aromatic carbocycles. The number of hydrazone groups is 1. The molecule has 132 valence electrons. The summed E-state index contributed by atoms with van der Waals surface area (Å²) >= 11 is 3.38. The van der Waals surface area contributed by atoms with E-state index < -0.39 is 5.97 Å². The molecule has 0 aliphatic rings. The highest BCUT2D eigenvalue weighted by Crippen LogP contribution is 2.27. The summed E-state index contributed by atoms with van der Waals surface area (Å²) in [7, 11) is 1.54. The fraction of sp³-hybridized carbons (Fsp3) is 0.222. The van der Waals surface area contributed by atoms with E-state index >= 15 is 0 Å². The molecule has 0 saturated carbocycles. The lowest BCUT2D eigenvalue weighted by molar-refractivity contribution is -0.145. The SMILES string of the molecule is CCOC(=O)COc1cc(/C=N/Nc2ccc(Br)cc2)ccc1OC. The molecule has 0 heterocycles. The highest BCUT2D eigenvalue weighted by Gasteiger charge is 2.08. The normalized spacial score (nSPS) is 10.5. The molecule has 0 radical (unpaired) electrons. The number of nitrogens with one attached hydrogen (secondary N) is 1. The van der Waals surface area contributed by atoms with Crippen molar-refractivity contribution < 1.29 is 19.0 Å². The van der Waals surface area contributed by atoms with E-state index in [0.717, 1.165) is 15.7 Å². The molecule has 0 saturated heterocycles. The molecule has 0 spiro atoms. The second-order valence-electron chi connectivity index (χ2n) is 4.88. The largest absolute Gasteiger partial charge is 0.493 e. The maximum absolute atomic E-state index is 11.4. The van der Waals surface area contributed by atoms with Gasteiger partial charge in [0.25, 0.3) is 0 Å². The van der Waals surface area contributed by atoms with Crippen LogP contribution in [0.3, 0.4) is 0 Å². The lowest BCUT2D eigenvalue weighted by atomic mass is 10.2. The molecule has 0 fully saturated rings. The van der Waals surface area contributed by atoms with Crippen LogP contribution >= 0.6 is 15.9 Å². The van der Waals surface area contributed by atoms with Crippen LogP contribution in [0.25, 0.3) is 0 Å². The minimum Gasteiger partial charge on any atom is -0.493 e. The van der Waals surface area contributed by atoms with Gasteiger partial charge in [-0.15, -0.1) is 0 Å².